The minimum atomic E-state index is -1.43. The van der Waals surface area contributed by atoms with Crippen LogP contribution in [-0.2, 0) is 44.5 Å². The number of ether oxygens (including phenoxy) is 5. The van der Waals surface area contributed by atoms with Gasteiger partial charge in [-0.15, -0.1) is 0 Å². The highest BCUT2D eigenvalue weighted by atomic mass is 16.7. The summed E-state index contributed by atoms with van der Waals surface area (Å²) in [6, 6.07) is 8.12. The Morgan fingerprint density at radius 1 is 1.07 bits per heavy atom. The molecule has 13 atom stereocenters. The van der Waals surface area contributed by atoms with Crippen LogP contribution in [0.1, 0.15) is 86.6 Å². The van der Waals surface area contributed by atoms with Crippen LogP contribution in [0.5, 0.6) is 0 Å². The maximum absolute atomic E-state index is 14.4. The number of cyclic esters (lactones) is 1. The van der Waals surface area contributed by atoms with Gasteiger partial charge in [0.25, 0.3) is 0 Å². The molecule has 3 aliphatic rings. The maximum atomic E-state index is 14.4. The van der Waals surface area contributed by atoms with E-state index in [1.165, 1.54) is 19.0 Å². The number of rotatable bonds is 10. The normalized spacial score (nSPS) is 36.8. The van der Waals surface area contributed by atoms with Crippen LogP contribution in [0, 0.1) is 17.8 Å². The zero-order valence-electron chi connectivity index (χ0n) is 36.0. The molecular weight excluding hydrogens is 746 g/mol. The van der Waals surface area contributed by atoms with Crippen molar-refractivity contribution in [3.63, 3.8) is 0 Å². The predicted molar refractivity (Wildman–Crippen MR) is 216 cm³/mol. The van der Waals surface area contributed by atoms with E-state index in [-0.39, 0.29) is 30.9 Å². The standard InChI is InChI=1S/C43H65N5O10/c1-12-33-43(8)36(48(41(53)58-43)45-20-15-16-29-19-21-44-31-18-14-13-17-30(29)31)28(6)46-38(51)24(2)23-42(7,54-11)37(26(4)34(49)27(5)39(52)56-33)57-40-35(50)32(47(9)10)22-25(3)55-40/h13-14,17-19,21,24-28,32-33,35-37,40,45,50H,12,15-16,20,22-23H2,1-11H3,(H,46,51)/t24-,25-,26+,27-,28?,32+,33-,35-,36-,37+,40+,42+,43-/m1/s1. The molecule has 15 nitrogen and oxygen atoms in total. The van der Waals surface area contributed by atoms with Gasteiger partial charge in [-0.05, 0) is 98.5 Å². The number of likely N-dealkylation sites (N-methyl/N-ethyl adjacent to an activating group) is 1. The number of carbonyl (C=O) groups excluding carboxylic acids is 4. The molecule has 3 fully saturated rings. The Bertz CT molecular complexity index is 1770. The molecule has 0 radical (unpaired) electrons. The van der Waals surface area contributed by atoms with E-state index in [1.807, 2.05) is 63.2 Å². The minimum absolute atomic E-state index is 0.0965. The average Bonchev–Trinajstić information content (AvgIpc) is 3.45. The van der Waals surface area contributed by atoms with Crippen molar-refractivity contribution in [3.8, 4) is 0 Å². The summed E-state index contributed by atoms with van der Waals surface area (Å²) in [6.45, 7) is 14.2. The number of Topliss-reactive ketones (excluding diaryl/α,β-unsaturated/α-hetero) is 1. The fourth-order valence-electron chi connectivity index (χ4n) is 9.22. The SMILES string of the molecule is CC[C@H]1OC(=O)[C@H](C)C(=O)[C@H](C)[C@H](O[C@@H]2O[C@H](C)C[C@H](N(C)C)[C@H]2O)[C@@](C)(OC)C[C@@H](C)C(=O)NC(C)[C@H]2N(NCCCc3ccnc4ccccc34)C(=O)O[C@]12C. The first-order chi connectivity index (χ1) is 27.4. The number of ketones is 1. The summed E-state index contributed by atoms with van der Waals surface area (Å²) in [5.41, 5.74) is 2.59. The lowest BCUT2D eigenvalue weighted by molar-refractivity contribution is -0.295. The zero-order valence-corrected chi connectivity index (χ0v) is 36.0. The molecule has 58 heavy (non-hydrogen) atoms. The number of aliphatic hydroxyl groups is 1. The first-order valence-corrected chi connectivity index (χ1v) is 20.7. The third-order valence-electron chi connectivity index (χ3n) is 12.6. The number of hydrogen-bond donors (Lipinski definition) is 3. The van der Waals surface area contributed by atoms with Gasteiger partial charge in [-0.3, -0.25) is 19.4 Å². The smallest absolute Gasteiger partial charge is 0.425 e. The fraction of sp³-hybridized carbons (Fsp3) is 0.698. The van der Waals surface area contributed by atoms with E-state index in [0.29, 0.717) is 25.8 Å². The summed E-state index contributed by atoms with van der Waals surface area (Å²) in [5.74, 6) is -4.51. The fourth-order valence-corrected chi connectivity index (χ4v) is 9.22. The lowest BCUT2D eigenvalue weighted by Gasteiger charge is -2.46. The largest absolute Gasteiger partial charge is 0.457 e. The number of fused-ring (bicyclic) bond motifs is 2. The summed E-state index contributed by atoms with van der Waals surface area (Å²) in [6.07, 6.45) is -1.08. The van der Waals surface area contributed by atoms with Crippen molar-refractivity contribution in [2.75, 3.05) is 27.7 Å². The molecule has 0 saturated carbocycles. The lowest BCUT2D eigenvalue weighted by atomic mass is 9.78. The van der Waals surface area contributed by atoms with Crippen molar-refractivity contribution in [1.82, 2.24) is 25.6 Å². The maximum Gasteiger partial charge on any atom is 0.425 e. The number of methoxy groups -OCH3 is 1. The number of hydrazine groups is 1. The number of benzene rings is 1. The van der Waals surface area contributed by atoms with Crippen LogP contribution in [0.3, 0.4) is 0 Å². The Morgan fingerprint density at radius 2 is 1.78 bits per heavy atom. The zero-order chi connectivity index (χ0) is 42.7. The number of aromatic nitrogens is 1. The topological polar surface area (TPSA) is 178 Å². The highest BCUT2D eigenvalue weighted by Gasteiger charge is 2.59. The van der Waals surface area contributed by atoms with Crippen LogP contribution < -0.4 is 10.7 Å². The van der Waals surface area contributed by atoms with Gasteiger partial charge in [0.1, 0.15) is 24.2 Å². The average molecular weight is 812 g/mol. The number of aliphatic hydroxyl groups excluding tert-OH is 1. The van der Waals surface area contributed by atoms with Gasteiger partial charge >= 0.3 is 12.1 Å². The second kappa shape index (κ2) is 18.7. The van der Waals surface area contributed by atoms with Gasteiger partial charge in [0.05, 0.1) is 29.4 Å². The Morgan fingerprint density at radius 3 is 2.45 bits per heavy atom. The number of para-hydroxylation sites is 1. The summed E-state index contributed by atoms with van der Waals surface area (Å²) >= 11 is 0. The third-order valence-corrected chi connectivity index (χ3v) is 12.6. The van der Waals surface area contributed by atoms with Crippen molar-refractivity contribution < 1.29 is 48.0 Å². The first-order valence-electron chi connectivity index (χ1n) is 20.7. The van der Waals surface area contributed by atoms with E-state index in [4.69, 9.17) is 23.7 Å². The summed E-state index contributed by atoms with van der Waals surface area (Å²) < 4.78 is 31.1. The second-order valence-corrected chi connectivity index (χ2v) is 17.2. The van der Waals surface area contributed by atoms with Crippen molar-refractivity contribution in [3.05, 3.63) is 42.1 Å². The highest BCUT2D eigenvalue weighted by molar-refractivity contribution is 6.00. The molecule has 0 spiro atoms. The van der Waals surface area contributed by atoms with Crippen molar-refractivity contribution in [2.45, 2.75) is 148 Å². The molecule has 2 amide bonds. The van der Waals surface area contributed by atoms with E-state index < -0.39 is 83.5 Å². The lowest BCUT2D eigenvalue weighted by Crippen LogP contribution is -2.63. The minimum Gasteiger partial charge on any atom is -0.457 e. The molecule has 3 saturated heterocycles. The van der Waals surface area contributed by atoms with Crippen molar-refractivity contribution >= 4 is 34.7 Å². The van der Waals surface area contributed by atoms with Gasteiger partial charge in [-0.25, -0.2) is 15.2 Å². The van der Waals surface area contributed by atoms with Crippen LogP contribution in [0.2, 0.25) is 0 Å². The Hall–Kier alpha value is -3.73. The number of amides is 2. The van der Waals surface area contributed by atoms with Crippen molar-refractivity contribution in [2.24, 2.45) is 17.8 Å². The second-order valence-electron chi connectivity index (χ2n) is 17.2. The van der Waals surface area contributed by atoms with Gasteiger partial charge in [0, 0.05) is 43.1 Å². The molecule has 1 aromatic heterocycles. The van der Waals surface area contributed by atoms with Gasteiger partial charge in [-0.1, -0.05) is 39.0 Å². The third kappa shape index (κ3) is 9.34. The number of hydrogen-bond acceptors (Lipinski definition) is 13. The Kier molecular flexibility index (Phi) is 14.6. The highest BCUT2D eigenvalue weighted by Crippen LogP contribution is 2.39. The molecule has 4 heterocycles. The van der Waals surface area contributed by atoms with E-state index in [1.54, 1.807) is 40.8 Å². The molecular formula is C43H65N5O10. The summed E-state index contributed by atoms with van der Waals surface area (Å²) in [4.78, 5) is 62.7. The molecule has 1 aromatic carbocycles. The number of nitrogens with one attached hydrogen (secondary N) is 2. The molecule has 5 rings (SSSR count). The van der Waals surface area contributed by atoms with Gasteiger partial charge in [0.15, 0.2) is 17.7 Å². The number of pyridine rings is 1. The molecule has 0 bridgehead atoms. The Labute approximate surface area is 342 Å². The van der Waals surface area contributed by atoms with E-state index in [9.17, 15) is 24.3 Å². The monoisotopic (exact) mass is 811 g/mol. The summed E-state index contributed by atoms with van der Waals surface area (Å²) in [7, 11) is 5.22. The van der Waals surface area contributed by atoms with Gasteiger partial charge < -0.3 is 39.0 Å². The summed E-state index contributed by atoms with van der Waals surface area (Å²) in [5, 5.41) is 17.0. The van der Waals surface area contributed by atoms with E-state index in [2.05, 4.69) is 15.7 Å². The molecule has 15 heteroatoms. The number of esters is 1. The molecule has 3 aliphatic heterocycles. The Balaban J connectivity index is 1.44. The number of aryl methyl sites for hydroxylation is 1. The number of carbonyl (C=O) groups is 4. The van der Waals surface area contributed by atoms with Crippen LogP contribution in [0.4, 0.5) is 4.79 Å². The molecule has 3 N–H and O–H groups in total. The first kappa shape index (κ1) is 45.4. The van der Waals surface area contributed by atoms with E-state index >= 15 is 0 Å². The molecule has 2 aromatic rings. The van der Waals surface area contributed by atoms with Crippen LogP contribution in [0.25, 0.3) is 10.9 Å². The van der Waals surface area contributed by atoms with Crippen LogP contribution in [0.15, 0.2) is 36.5 Å². The molecule has 0 aliphatic carbocycles. The predicted octanol–water partition coefficient (Wildman–Crippen LogP) is 4.18. The van der Waals surface area contributed by atoms with Crippen molar-refractivity contribution in [1.29, 1.82) is 0 Å². The number of nitrogens with zero attached hydrogens (tertiary/aromatic N) is 3. The molecule has 1 unspecified atom stereocenters. The van der Waals surface area contributed by atoms with Gasteiger partial charge in [-0.2, -0.15) is 0 Å². The van der Waals surface area contributed by atoms with Crippen LogP contribution in [-0.4, -0.2) is 132 Å². The van der Waals surface area contributed by atoms with Gasteiger partial charge in [0.2, 0.25) is 5.91 Å². The molecule has 322 valence electrons. The van der Waals surface area contributed by atoms with E-state index in [0.717, 1.165) is 16.5 Å². The van der Waals surface area contributed by atoms with Crippen LogP contribution >= 0.6 is 0 Å². The quantitative estimate of drug-likeness (QED) is 0.177.